The van der Waals surface area contributed by atoms with Crippen LogP contribution in [0.2, 0.25) is 0 Å². The van der Waals surface area contributed by atoms with Gasteiger partial charge in [-0.25, -0.2) is 4.79 Å². The summed E-state index contributed by atoms with van der Waals surface area (Å²) in [4.78, 5) is 13.8. The van der Waals surface area contributed by atoms with E-state index in [1.807, 2.05) is 24.3 Å². The molecule has 0 radical (unpaired) electrons. The number of amides is 1. The van der Waals surface area contributed by atoms with Crippen LogP contribution >= 0.6 is 0 Å². The summed E-state index contributed by atoms with van der Waals surface area (Å²) >= 11 is 0. The second kappa shape index (κ2) is 8.13. The van der Waals surface area contributed by atoms with Crippen molar-refractivity contribution < 1.29 is 19.0 Å². The molecule has 3 rings (SSSR count). The van der Waals surface area contributed by atoms with Crippen LogP contribution in [0.4, 0.5) is 4.79 Å². The van der Waals surface area contributed by atoms with Crippen LogP contribution in [0.5, 0.6) is 11.5 Å². The lowest BCUT2D eigenvalue weighted by atomic mass is 10.00. The van der Waals surface area contributed by atoms with Crippen LogP contribution < -0.4 is 9.47 Å². The predicted molar refractivity (Wildman–Crippen MR) is 101 cm³/mol. The molecule has 0 saturated carbocycles. The van der Waals surface area contributed by atoms with E-state index in [0.29, 0.717) is 11.5 Å². The number of methoxy groups -OCH3 is 2. The maximum absolute atomic E-state index is 12.1. The fourth-order valence-corrected chi connectivity index (χ4v) is 3.19. The average Bonchev–Trinajstić information content (AvgIpc) is 3.21. The van der Waals surface area contributed by atoms with Crippen LogP contribution in [0.1, 0.15) is 24.0 Å². The molecule has 0 N–H and O–H groups in total. The fraction of sp³-hybridized carbons (Fsp3) is 0.381. The molecule has 0 unspecified atom stereocenters. The lowest BCUT2D eigenvalue weighted by Crippen LogP contribution is -2.28. The average molecular weight is 355 g/mol. The Hall–Kier alpha value is -2.69. The van der Waals surface area contributed by atoms with Crippen LogP contribution in [0.25, 0.3) is 11.1 Å². The molecule has 0 atom stereocenters. The van der Waals surface area contributed by atoms with Crippen molar-refractivity contribution in [3.63, 3.8) is 0 Å². The van der Waals surface area contributed by atoms with Crippen LogP contribution in [-0.2, 0) is 11.3 Å². The molecule has 1 aliphatic rings. The highest BCUT2D eigenvalue weighted by molar-refractivity contribution is 5.78. The first-order chi connectivity index (χ1) is 12.6. The van der Waals surface area contributed by atoms with Crippen molar-refractivity contribution in [1.82, 2.24) is 4.90 Å². The van der Waals surface area contributed by atoms with E-state index in [4.69, 9.17) is 14.2 Å². The maximum Gasteiger partial charge on any atom is 0.410 e. The maximum atomic E-state index is 12.1. The number of rotatable bonds is 5. The van der Waals surface area contributed by atoms with Gasteiger partial charge in [0.15, 0.2) is 0 Å². The van der Waals surface area contributed by atoms with Crippen LogP contribution in [-0.4, -0.2) is 38.3 Å². The zero-order valence-electron chi connectivity index (χ0n) is 15.6. The van der Waals surface area contributed by atoms with Gasteiger partial charge in [0.25, 0.3) is 0 Å². The van der Waals surface area contributed by atoms with Crippen molar-refractivity contribution in [3.8, 4) is 22.6 Å². The number of ether oxygens (including phenoxy) is 3. The molecule has 0 aromatic heterocycles. The molecule has 5 heteroatoms. The first-order valence-electron chi connectivity index (χ1n) is 8.86. The van der Waals surface area contributed by atoms with Gasteiger partial charge in [-0.05, 0) is 43.0 Å². The van der Waals surface area contributed by atoms with E-state index in [9.17, 15) is 4.79 Å². The summed E-state index contributed by atoms with van der Waals surface area (Å²) in [6, 6.07) is 12.0. The topological polar surface area (TPSA) is 48.0 Å². The van der Waals surface area contributed by atoms with Gasteiger partial charge >= 0.3 is 6.09 Å². The van der Waals surface area contributed by atoms with E-state index in [1.54, 1.807) is 19.1 Å². The fourth-order valence-electron chi connectivity index (χ4n) is 3.19. The van der Waals surface area contributed by atoms with Crippen LogP contribution in [0.15, 0.2) is 36.4 Å². The van der Waals surface area contributed by atoms with Crippen molar-refractivity contribution in [1.29, 1.82) is 0 Å². The normalized spacial score (nSPS) is 13.6. The Morgan fingerprint density at radius 2 is 1.58 bits per heavy atom. The summed E-state index contributed by atoms with van der Waals surface area (Å²) in [6.07, 6.45) is 1.83. The summed E-state index contributed by atoms with van der Waals surface area (Å²) in [7, 11) is 3.26. The molecule has 0 aliphatic carbocycles. The van der Waals surface area contributed by atoms with Crippen molar-refractivity contribution in [2.75, 3.05) is 27.3 Å². The highest BCUT2D eigenvalue weighted by atomic mass is 16.6. The van der Waals surface area contributed by atoms with Crippen molar-refractivity contribution >= 4 is 6.09 Å². The van der Waals surface area contributed by atoms with Crippen molar-refractivity contribution in [2.45, 2.75) is 26.4 Å². The summed E-state index contributed by atoms with van der Waals surface area (Å²) in [5.74, 6) is 1.39. The van der Waals surface area contributed by atoms with E-state index in [0.717, 1.165) is 42.6 Å². The standard InChI is InChI=1S/C21H25NO4/c1-15-6-8-17(9-7-15)20-18(24-2)12-16(13-19(20)25-3)14-26-21(23)22-10-4-5-11-22/h6-9,12-13H,4-5,10-11,14H2,1-3H3. The molecular weight excluding hydrogens is 330 g/mol. The number of hydrogen-bond donors (Lipinski definition) is 0. The van der Waals surface area contributed by atoms with Gasteiger partial charge in [-0.1, -0.05) is 29.8 Å². The molecule has 2 aromatic rings. The Morgan fingerprint density at radius 1 is 1.00 bits per heavy atom. The lowest BCUT2D eigenvalue weighted by Gasteiger charge is -2.18. The van der Waals surface area contributed by atoms with Gasteiger partial charge in [0, 0.05) is 13.1 Å². The Balaban J connectivity index is 1.84. The number of likely N-dealkylation sites (tertiary alicyclic amines) is 1. The smallest absolute Gasteiger partial charge is 0.410 e. The molecule has 0 bridgehead atoms. The Morgan fingerprint density at radius 3 is 2.12 bits per heavy atom. The van der Waals surface area contributed by atoms with Gasteiger partial charge < -0.3 is 19.1 Å². The van der Waals surface area contributed by atoms with Gasteiger partial charge in [-0.3, -0.25) is 0 Å². The van der Waals surface area contributed by atoms with E-state index in [1.165, 1.54) is 5.56 Å². The van der Waals surface area contributed by atoms with Gasteiger partial charge in [-0.15, -0.1) is 0 Å². The lowest BCUT2D eigenvalue weighted by molar-refractivity contribution is 0.104. The monoisotopic (exact) mass is 355 g/mol. The number of carbonyl (C=O) groups is 1. The second-order valence-corrected chi connectivity index (χ2v) is 6.49. The van der Waals surface area contributed by atoms with E-state index >= 15 is 0 Å². The molecule has 0 spiro atoms. The van der Waals surface area contributed by atoms with Crippen LogP contribution in [0, 0.1) is 6.92 Å². The third-order valence-corrected chi connectivity index (χ3v) is 4.63. The Bertz CT molecular complexity index is 739. The molecule has 5 nitrogen and oxygen atoms in total. The Kier molecular flexibility index (Phi) is 5.66. The second-order valence-electron chi connectivity index (χ2n) is 6.49. The number of hydrogen-bond acceptors (Lipinski definition) is 4. The number of carbonyl (C=O) groups excluding carboxylic acids is 1. The first-order valence-corrected chi connectivity index (χ1v) is 8.86. The molecule has 138 valence electrons. The number of benzene rings is 2. The molecule has 1 saturated heterocycles. The molecule has 1 aliphatic heterocycles. The zero-order valence-corrected chi connectivity index (χ0v) is 15.6. The molecular formula is C21H25NO4. The van der Waals surface area contributed by atoms with E-state index < -0.39 is 0 Å². The van der Waals surface area contributed by atoms with E-state index in [-0.39, 0.29) is 12.7 Å². The van der Waals surface area contributed by atoms with Gasteiger partial charge in [0.05, 0.1) is 19.8 Å². The SMILES string of the molecule is COc1cc(COC(=O)N2CCCC2)cc(OC)c1-c1ccc(C)cc1. The summed E-state index contributed by atoms with van der Waals surface area (Å²) in [6.45, 7) is 3.79. The van der Waals surface area contributed by atoms with Gasteiger partial charge in [0.2, 0.25) is 0 Å². The molecule has 26 heavy (non-hydrogen) atoms. The summed E-state index contributed by atoms with van der Waals surface area (Å²) in [5.41, 5.74) is 3.94. The molecule has 2 aromatic carbocycles. The first kappa shape index (κ1) is 18.1. The quantitative estimate of drug-likeness (QED) is 0.797. The van der Waals surface area contributed by atoms with Gasteiger partial charge in [-0.2, -0.15) is 0 Å². The summed E-state index contributed by atoms with van der Waals surface area (Å²) in [5, 5.41) is 0. The minimum absolute atomic E-state index is 0.191. The number of aryl methyl sites for hydroxylation is 1. The predicted octanol–water partition coefficient (Wildman–Crippen LogP) is 4.41. The van der Waals surface area contributed by atoms with Crippen LogP contribution in [0.3, 0.4) is 0 Å². The molecule has 1 amide bonds. The minimum Gasteiger partial charge on any atom is -0.496 e. The Labute approximate surface area is 154 Å². The van der Waals surface area contributed by atoms with E-state index in [2.05, 4.69) is 19.1 Å². The number of nitrogens with zero attached hydrogens (tertiary/aromatic N) is 1. The summed E-state index contributed by atoms with van der Waals surface area (Å²) < 4.78 is 16.6. The molecule has 1 fully saturated rings. The molecule has 1 heterocycles. The highest BCUT2D eigenvalue weighted by Gasteiger charge is 2.20. The minimum atomic E-state index is -0.261. The largest absolute Gasteiger partial charge is 0.496 e. The third kappa shape index (κ3) is 3.93. The van der Waals surface area contributed by atoms with Crippen molar-refractivity contribution in [2.24, 2.45) is 0 Å². The van der Waals surface area contributed by atoms with Gasteiger partial charge in [0.1, 0.15) is 18.1 Å². The highest BCUT2D eigenvalue weighted by Crippen LogP contribution is 2.39. The van der Waals surface area contributed by atoms with Crippen molar-refractivity contribution in [3.05, 3.63) is 47.5 Å². The third-order valence-electron chi connectivity index (χ3n) is 4.63. The zero-order chi connectivity index (χ0) is 18.5.